The summed E-state index contributed by atoms with van der Waals surface area (Å²) in [6.45, 7) is 6.69. The van der Waals surface area contributed by atoms with Gasteiger partial charge >= 0.3 is 37.9 Å². The molecular formula is C44H51BrCl2F4Zr. The molecule has 0 aromatic heterocycles. The van der Waals surface area contributed by atoms with Gasteiger partial charge in [0.2, 0.25) is 0 Å². The Labute approximate surface area is 337 Å². The van der Waals surface area contributed by atoms with Gasteiger partial charge in [-0.05, 0) is 146 Å². The molecule has 280 valence electrons. The molecule has 0 radical (unpaired) electrons. The molecule has 2 fully saturated rings. The maximum atomic E-state index is 12.7. The van der Waals surface area contributed by atoms with E-state index in [9.17, 15) is 17.6 Å². The monoisotopic (exact) mass is 894 g/mol. The van der Waals surface area contributed by atoms with E-state index in [1.165, 1.54) is 85.1 Å². The van der Waals surface area contributed by atoms with E-state index in [4.69, 9.17) is 17.0 Å². The first kappa shape index (κ1) is 48.0. The first-order valence-electron chi connectivity index (χ1n) is 17.0. The molecule has 0 bridgehead atoms. The van der Waals surface area contributed by atoms with E-state index in [1.807, 2.05) is 36.4 Å². The fourth-order valence-electron chi connectivity index (χ4n) is 6.44. The summed E-state index contributed by atoms with van der Waals surface area (Å²) < 4.78 is 50.9. The topological polar surface area (TPSA) is 0 Å². The SMILES string of the molecule is CC1=CC=C(c2ccc(F)cc2)C1.CC1CCC(c2ccc(F)cc2)C1.CC1CCC(c2ccc(F)cc2)C1.Fc1ccc(Br)cc1.[CH3-].[CH3-].[Cl][Zr+2][Cl]. The van der Waals surface area contributed by atoms with E-state index < -0.39 is 20.8 Å². The van der Waals surface area contributed by atoms with Crippen molar-refractivity contribution < 1.29 is 38.4 Å². The van der Waals surface area contributed by atoms with Crippen LogP contribution in [0.25, 0.3) is 5.57 Å². The Kier molecular flexibility index (Phi) is 24.0. The van der Waals surface area contributed by atoms with Crippen LogP contribution in [-0.4, -0.2) is 0 Å². The second-order valence-electron chi connectivity index (χ2n) is 13.2. The zero-order chi connectivity index (χ0) is 36.5. The summed E-state index contributed by atoms with van der Waals surface area (Å²) in [7, 11) is 9.87. The predicted octanol–water partition coefficient (Wildman–Crippen LogP) is 15.9. The summed E-state index contributed by atoms with van der Waals surface area (Å²) >= 11 is 2.35. The van der Waals surface area contributed by atoms with E-state index in [1.54, 1.807) is 36.4 Å². The van der Waals surface area contributed by atoms with Crippen molar-refractivity contribution in [2.75, 3.05) is 0 Å². The molecule has 0 N–H and O–H groups in total. The molecule has 0 nitrogen and oxygen atoms in total. The van der Waals surface area contributed by atoms with Gasteiger partial charge in [0.1, 0.15) is 23.3 Å². The molecule has 2 saturated carbocycles. The van der Waals surface area contributed by atoms with Crippen molar-refractivity contribution in [1.82, 2.24) is 0 Å². The normalized spacial score (nSPS) is 19.4. The quantitative estimate of drug-likeness (QED) is 0.142. The fraction of sp³-hybridized carbons (Fsp3) is 0.318. The molecule has 8 heteroatoms. The van der Waals surface area contributed by atoms with Crippen LogP contribution in [0, 0.1) is 50.0 Å². The zero-order valence-corrected chi connectivity index (χ0v) is 36.4. The minimum absolute atomic E-state index is 0. The predicted molar refractivity (Wildman–Crippen MR) is 216 cm³/mol. The zero-order valence-electron chi connectivity index (χ0n) is 30.8. The van der Waals surface area contributed by atoms with Gasteiger partial charge in [0.25, 0.3) is 0 Å². The van der Waals surface area contributed by atoms with Gasteiger partial charge in [0.15, 0.2) is 0 Å². The van der Waals surface area contributed by atoms with Crippen molar-refractivity contribution >= 4 is 38.5 Å². The Morgan fingerprint density at radius 2 is 0.904 bits per heavy atom. The number of halogens is 7. The molecule has 0 aliphatic heterocycles. The summed E-state index contributed by atoms with van der Waals surface area (Å²) in [6.07, 6.45) is 12.9. The summed E-state index contributed by atoms with van der Waals surface area (Å²) in [6, 6.07) is 26.8. The van der Waals surface area contributed by atoms with Gasteiger partial charge in [0.05, 0.1) is 0 Å². The molecule has 52 heavy (non-hydrogen) atoms. The van der Waals surface area contributed by atoms with Crippen LogP contribution >= 0.6 is 33.0 Å². The summed E-state index contributed by atoms with van der Waals surface area (Å²) in [5, 5.41) is 0. The number of rotatable bonds is 3. The molecule has 0 saturated heterocycles. The average Bonchev–Trinajstić information content (AvgIpc) is 3.86. The molecule has 0 spiro atoms. The molecule has 4 aromatic rings. The van der Waals surface area contributed by atoms with Gasteiger partial charge in [-0.25, -0.2) is 17.6 Å². The van der Waals surface area contributed by atoms with Crippen molar-refractivity contribution in [3.63, 3.8) is 0 Å². The van der Waals surface area contributed by atoms with E-state index in [0.717, 1.165) is 28.3 Å². The van der Waals surface area contributed by atoms with Gasteiger partial charge in [-0.1, -0.05) is 96.7 Å². The van der Waals surface area contributed by atoms with E-state index >= 15 is 0 Å². The van der Waals surface area contributed by atoms with Gasteiger partial charge in [-0.15, -0.1) is 0 Å². The first-order valence-corrected chi connectivity index (χ1v) is 24.1. The van der Waals surface area contributed by atoms with Crippen molar-refractivity contribution in [3.8, 4) is 0 Å². The van der Waals surface area contributed by atoms with E-state index in [0.29, 0.717) is 11.8 Å². The Morgan fingerprint density at radius 3 is 1.19 bits per heavy atom. The van der Waals surface area contributed by atoms with E-state index in [-0.39, 0.29) is 38.1 Å². The number of hydrogen-bond acceptors (Lipinski definition) is 0. The fourth-order valence-corrected chi connectivity index (χ4v) is 6.71. The van der Waals surface area contributed by atoms with Gasteiger partial charge < -0.3 is 14.9 Å². The van der Waals surface area contributed by atoms with Crippen LogP contribution < -0.4 is 0 Å². The van der Waals surface area contributed by atoms with Gasteiger partial charge in [-0.3, -0.25) is 0 Å². The molecule has 3 aliphatic carbocycles. The molecule has 4 unspecified atom stereocenters. The van der Waals surface area contributed by atoms with E-state index in [2.05, 4.69) is 48.9 Å². The summed E-state index contributed by atoms with van der Waals surface area (Å²) in [5.41, 5.74) is 6.38. The van der Waals surface area contributed by atoms with Crippen LogP contribution in [0.3, 0.4) is 0 Å². The number of hydrogen-bond donors (Lipinski definition) is 0. The second-order valence-corrected chi connectivity index (χ2v) is 17.9. The molecule has 7 rings (SSSR count). The third kappa shape index (κ3) is 17.9. The molecule has 0 heterocycles. The Morgan fingerprint density at radius 1 is 0.558 bits per heavy atom. The second kappa shape index (κ2) is 25.9. The van der Waals surface area contributed by atoms with Crippen molar-refractivity contribution in [1.29, 1.82) is 0 Å². The van der Waals surface area contributed by atoms with Crippen LogP contribution in [0.2, 0.25) is 0 Å². The Hall–Kier alpha value is -1.98. The molecule has 3 aliphatic rings. The molecule has 4 atom stereocenters. The number of benzene rings is 4. The Bertz CT molecular complexity index is 1530. The standard InChI is InChI=1S/2C12H15F.C12H11F.C6H4BrF.2CH3.2ClH.Zr/c3*1-9-2-3-11(8-9)10-4-6-12(13)7-5-10;7-5-1-3-6(8)4-2-5;;;;;/h2*4-7,9,11H,2-3,8H2,1H3;2-7H,8H2,1H3;1-4H;2*1H3;2*1H;/q;;;;2*-1;;;+4/p-2. The summed E-state index contributed by atoms with van der Waals surface area (Å²) in [5.74, 6) is 2.40. The average molecular weight is 898 g/mol. The molecule has 0 amide bonds. The third-order valence-electron chi connectivity index (χ3n) is 9.13. The van der Waals surface area contributed by atoms with Gasteiger partial charge in [-0.2, -0.15) is 0 Å². The van der Waals surface area contributed by atoms with Crippen molar-refractivity contribution in [3.05, 3.63) is 174 Å². The van der Waals surface area contributed by atoms with Crippen LogP contribution in [0.4, 0.5) is 17.6 Å². The van der Waals surface area contributed by atoms with Crippen LogP contribution in [0.1, 0.15) is 94.2 Å². The third-order valence-corrected chi connectivity index (χ3v) is 9.66. The first-order chi connectivity index (χ1) is 24.0. The van der Waals surface area contributed by atoms with Gasteiger partial charge in [0, 0.05) is 4.47 Å². The Balaban J connectivity index is 0.000000338. The maximum absolute atomic E-state index is 12.7. The van der Waals surface area contributed by atoms with Crippen molar-refractivity contribution in [2.24, 2.45) is 11.8 Å². The molecular weight excluding hydrogens is 847 g/mol. The van der Waals surface area contributed by atoms with Crippen LogP contribution in [0.5, 0.6) is 0 Å². The van der Waals surface area contributed by atoms with Crippen molar-refractivity contribution in [2.45, 2.75) is 77.6 Å². The van der Waals surface area contributed by atoms with Crippen LogP contribution in [-0.2, 0) is 20.8 Å². The summed E-state index contributed by atoms with van der Waals surface area (Å²) in [4.78, 5) is 0. The number of allylic oxidation sites excluding steroid dienone is 4. The van der Waals surface area contributed by atoms with Crippen LogP contribution in [0.15, 0.2) is 119 Å². The molecule has 4 aromatic carbocycles. The minimum atomic E-state index is -0.826.